The predicted octanol–water partition coefficient (Wildman–Crippen LogP) is 2.21. The maximum atomic E-state index is 12.4. The Morgan fingerprint density at radius 1 is 1.31 bits per heavy atom. The van der Waals surface area contributed by atoms with Crippen LogP contribution in [0.5, 0.6) is 0 Å². The third kappa shape index (κ3) is 3.38. The highest BCUT2D eigenvalue weighted by molar-refractivity contribution is 7.12. The minimum Gasteiger partial charge on any atom is -0.354 e. The van der Waals surface area contributed by atoms with E-state index >= 15 is 0 Å². The summed E-state index contributed by atoms with van der Waals surface area (Å²) in [4.78, 5) is 19.6. The first-order valence-corrected chi connectivity index (χ1v) is 9.69. The van der Waals surface area contributed by atoms with Crippen molar-refractivity contribution in [1.82, 2.24) is 25.7 Å². The number of carbonyl (C=O) groups excluding carboxylic acids is 1. The molecule has 1 aliphatic heterocycles. The van der Waals surface area contributed by atoms with E-state index < -0.39 is 0 Å². The van der Waals surface area contributed by atoms with E-state index in [9.17, 15) is 4.79 Å². The number of thiophene rings is 1. The zero-order valence-corrected chi connectivity index (χ0v) is 15.8. The fourth-order valence-electron chi connectivity index (χ4n) is 3.40. The molecular formula is C19H23N5OS. The van der Waals surface area contributed by atoms with Crippen molar-refractivity contribution in [2.45, 2.75) is 31.8 Å². The number of hydrogen-bond donors (Lipinski definition) is 3. The van der Waals surface area contributed by atoms with Crippen LogP contribution in [0.2, 0.25) is 0 Å². The monoisotopic (exact) mass is 369 g/mol. The van der Waals surface area contributed by atoms with Gasteiger partial charge in [0.25, 0.3) is 0 Å². The lowest BCUT2D eigenvalue weighted by Crippen LogP contribution is -2.43. The predicted molar refractivity (Wildman–Crippen MR) is 104 cm³/mol. The fraction of sp³-hybridized carbons (Fsp3) is 0.368. The van der Waals surface area contributed by atoms with Crippen LogP contribution in [-0.4, -0.2) is 28.0 Å². The van der Waals surface area contributed by atoms with E-state index in [0.29, 0.717) is 13.0 Å². The van der Waals surface area contributed by atoms with Crippen LogP contribution in [0.25, 0.3) is 11.0 Å². The largest absolute Gasteiger partial charge is 0.354 e. The maximum Gasteiger partial charge on any atom is 0.238 e. The number of nitrogens with one attached hydrogen (secondary N) is 3. The van der Waals surface area contributed by atoms with E-state index in [1.54, 1.807) is 11.3 Å². The van der Waals surface area contributed by atoms with Crippen molar-refractivity contribution in [3.63, 3.8) is 0 Å². The number of para-hydroxylation sites is 2. The van der Waals surface area contributed by atoms with Gasteiger partial charge in [-0.15, -0.1) is 11.3 Å². The SMILES string of the molecule is Cc1ccc(C2CC(C(=O)NCCc3nc4ccccc4n3C)NN2)s1. The van der Waals surface area contributed by atoms with Crippen molar-refractivity contribution in [3.8, 4) is 0 Å². The van der Waals surface area contributed by atoms with Gasteiger partial charge in [-0.05, 0) is 37.6 Å². The zero-order valence-electron chi connectivity index (χ0n) is 15.0. The minimum atomic E-state index is -0.206. The lowest BCUT2D eigenvalue weighted by atomic mass is 10.1. The molecule has 2 atom stereocenters. The molecule has 26 heavy (non-hydrogen) atoms. The number of carbonyl (C=O) groups is 1. The quantitative estimate of drug-likeness (QED) is 0.645. The van der Waals surface area contributed by atoms with Gasteiger partial charge in [0.1, 0.15) is 11.9 Å². The summed E-state index contributed by atoms with van der Waals surface area (Å²) in [5, 5.41) is 3.03. The molecule has 0 spiro atoms. The highest BCUT2D eigenvalue weighted by Crippen LogP contribution is 2.28. The van der Waals surface area contributed by atoms with E-state index in [0.717, 1.165) is 23.3 Å². The van der Waals surface area contributed by atoms with Gasteiger partial charge in [0.15, 0.2) is 0 Å². The van der Waals surface area contributed by atoms with E-state index in [1.165, 1.54) is 9.75 Å². The molecule has 1 fully saturated rings. The summed E-state index contributed by atoms with van der Waals surface area (Å²) in [5.41, 5.74) is 8.46. The molecule has 4 rings (SSSR count). The molecule has 1 aliphatic rings. The Morgan fingerprint density at radius 3 is 2.92 bits per heavy atom. The lowest BCUT2D eigenvalue weighted by Gasteiger charge is -2.10. The molecule has 3 N–H and O–H groups in total. The van der Waals surface area contributed by atoms with Crippen molar-refractivity contribution in [1.29, 1.82) is 0 Å². The standard InChI is InChI=1S/C19H23N5OS/c1-12-7-8-17(26-12)14-11-15(23-22-14)19(25)20-10-9-18-21-13-5-3-4-6-16(13)24(18)2/h3-8,14-15,22-23H,9-11H2,1-2H3,(H,20,25). The van der Waals surface area contributed by atoms with Crippen molar-refractivity contribution in [3.05, 3.63) is 52.0 Å². The summed E-state index contributed by atoms with van der Waals surface area (Å²) in [6, 6.07) is 12.3. The van der Waals surface area contributed by atoms with Gasteiger partial charge in [0.2, 0.25) is 5.91 Å². The number of hydrazine groups is 1. The first-order valence-electron chi connectivity index (χ1n) is 8.87. The summed E-state index contributed by atoms with van der Waals surface area (Å²) in [7, 11) is 2.02. The molecule has 0 aliphatic carbocycles. The molecule has 1 saturated heterocycles. The van der Waals surface area contributed by atoms with E-state index in [4.69, 9.17) is 0 Å². The molecule has 3 heterocycles. The van der Waals surface area contributed by atoms with Crippen LogP contribution in [0.15, 0.2) is 36.4 Å². The highest BCUT2D eigenvalue weighted by atomic mass is 32.1. The molecule has 0 bridgehead atoms. The Labute approximate surface area is 156 Å². The molecular weight excluding hydrogens is 346 g/mol. The normalized spacial score (nSPS) is 19.9. The van der Waals surface area contributed by atoms with Crippen molar-refractivity contribution < 1.29 is 4.79 Å². The average Bonchev–Trinajstić information content (AvgIpc) is 3.35. The van der Waals surface area contributed by atoms with Crippen LogP contribution in [0.1, 0.15) is 28.0 Å². The molecule has 2 aromatic heterocycles. The molecule has 0 radical (unpaired) electrons. The van der Waals surface area contributed by atoms with Gasteiger partial charge in [0, 0.05) is 29.8 Å². The van der Waals surface area contributed by atoms with Gasteiger partial charge in [-0.1, -0.05) is 12.1 Å². The number of aryl methyl sites for hydroxylation is 2. The summed E-state index contributed by atoms with van der Waals surface area (Å²) in [6.07, 6.45) is 1.47. The number of fused-ring (bicyclic) bond motifs is 1. The van der Waals surface area contributed by atoms with E-state index in [2.05, 4.69) is 50.8 Å². The topological polar surface area (TPSA) is 71.0 Å². The molecule has 3 aromatic rings. The fourth-order valence-corrected chi connectivity index (χ4v) is 4.34. The minimum absolute atomic E-state index is 0.0343. The average molecular weight is 369 g/mol. The molecule has 0 saturated carbocycles. The Bertz CT molecular complexity index is 931. The smallest absolute Gasteiger partial charge is 0.238 e. The Kier molecular flexibility index (Phi) is 4.76. The number of aromatic nitrogens is 2. The van der Waals surface area contributed by atoms with Crippen LogP contribution in [-0.2, 0) is 18.3 Å². The summed E-state index contributed by atoms with van der Waals surface area (Å²) in [5.74, 6) is 1.02. The molecule has 6 nitrogen and oxygen atoms in total. The lowest BCUT2D eigenvalue weighted by molar-refractivity contribution is -0.122. The molecule has 1 aromatic carbocycles. The summed E-state index contributed by atoms with van der Waals surface area (Å²) < 4.78 is 2.09. The highest BCUT2D eigenvalue weighted by Gasteiger charge is 2.30. The van der Waals surface area contributed by atoms with E-state index in [1.807, 2.05) is 25.2 Å². The first kappa shape index (κ1) is 17.2. The summed E-state index contributed by atoms with van der Waals surface area (Å²) >= 11 is 1.77. The Morgan fingerprint density at radius 2 is 2.15 bits per heavy atom. The second kappa shape index (κ2) is 7.19. The van der Waals surface area contributed by atoms with Gasteiger partial charge >= 0.3 is 0 Å². The van der Waals surface area contributed by atoms with Crippen molar-refractivity contribution in [2.24, 2.45) is 7.05 Å². The Hall–Kier alpha value is -2.22. The second-order valence-corrected chi connectivity index (χ2v) is 8.01. The van der Waals surface area contributed by atoms with Gasteiger partial charge in [-0.3, -0.25) is 4.79 Å². The number of nitrogens with zero attached hydrogens (tertiary/aromatic N) is 2. The molecule has 136 valence electrons. The Balaban J connectivity index is 1.31. The van der Waals surface area contributed by atoms with Crippen LogP contribution in [0.3, 0.4) is 0 Å². The van der Waals surface area contributed by atoms with Gasteiger partial charge < -0.3 is 9.88 Å². The number of rotatable bonds is 5. The number of benzene rings is 1. The maximum absolute atomic E-state index is 12.4. The number of imidazole rings is 1. The first-order chi connectivity index (χ1) is 12.6. The van der Waals surface area contributed by atoms with Crippen LogP contribution >= 0.6 is 11.3 Å². The third-order valence-corrected chi connectivity index (χ3v) is 5.97. The van der Waals surface area contributed by atoms with E-state index in [-0.39, 0.29) is 18.0 Å². The molecule has 7 heteroatoms. The molecule has 2 unspecified atom stereocenters. The van der Waals surface area contributed by atoms with Crippen LogP contribution in [0.4, 0.5) is 0 Å². The van der Waals surface area contributed by atoms with Crippen molar-refractivity contribution >= 4 is 28.3 Å². The van der Waals surface area contributed by atoms with Crippen LogP contribution < -0.4 is 16.2 Å². The van der Waals surface area contributed by atoms with Gasteiger partial charge in [-0.25, -0.2) is 15.8 Å². The summed E-state index contributed by atoms with van der Waals surface area (Å²) in [6.45, 7) is 2.68. The van der Waals surface area contributed by atoms with Gasteiger partial charge in [0.05, 0.1) is 17.1 Å². The van der Waals surface area contributed by atoms with Gasteiger partial charge in [-0.2, -0.15) is 0 Å². The zero-order chi connectivity index (χ0) is 18.1. The molecule has 1 amide bonds. The van der Waals surface area contributed by atoms with Crippen molar-refractivity contribution in [2.75, 3.05) is 6.54 Å². The number of amides is 1. The number of hydrogen-bond acceptors (Lipinski definition) is 5. The second-order valence-electron chi connectivity index (χ2n) is 6.69. The van der Waals surface area contributed by atoms with Crippen LogP contribution in [0, 0.1) is 6.92 Å². The third-order valence-electron chi connectivity index (χ3n) is 4.85.